The molecule has 0 atom stereocenters. The van der Waals surface area contributed by atoms with Gasteiger partial charge in [0, 0.05) is 10.9 Å². The van der Waals surface area contributed by atoms with Crippen LogP contribution in [0.15, 0.2) is 101 Å². The van der Waals surface area contributed by atoms with Gasteiger partial charge in [-0.2, -0.15) is 0 Å². The van der Waals surface area contributed by atoms with Crippen molar-refractivity contribution in [3.8, 4) is 22.3 Å². The molecule has 0 bridgehead atoms. The lowest BCUT2D eigenvalue weighted by Crippen LogP contribution is -1.99. The van der Waals surface area contributed by atoms with Crippen molar-refractivity contribution in [2.24, 2.45) is 0 Å². The van der Waals surface area contributed by atoms with Crippen LogP contribution in [0.5, 0.6) is 0 Å². The van der Waals surface area contributed by atoms with E-state index in [1.54, 1.807) is 0 Å². The Morgan fingerprint density at radius 3 is 1.64 bits per heavy atom. The van der Waals surface area contributed by atoms with Gasteiger partial charge in [-0.3, -0.25) is 4.79 Å². The van der Waals surface area contributed by atoms with Crippen LogP contribution in [0.1, 0.15) is 41.1 Å². The van der Waals surface area contributed by atoms with Crippen molar-refractivity contribution in [2.45, 2.75) is 26.7 Å². The molecule has 0 saturated heterocycles. The lowest BCUT2D eigenvalue weighted by molar-refractivity contribution is 0.101. The Balaban J connectivity index is 1.39. The molecule has 4 aromatic carbocycles. The van der Waals surface area contributed by atoms with Crippen LogP contribution >= 0.6 is 0 Å². The minimum Gasteiger partial charge on any atom is -0.453 e. The van der Waals surface area contributed by atoms with Gasteiger partial charge in [-0.25, -0.2) is 0 Å². The first kappa shape index (κ1) is 21.0. The molecule has 2 heteroatoms. The third kappa shape index (κ3) is 4.25. The van der Waals surface area contributed by atoms with Crippen LogP contribution in [0.25, 0.3) is 33.2 Å². The number of rotatable bonds is 6. The normalized spacial score (nSPS) is 11.1. The summed E-state index contributed by atoms with van der Waals surface area (Å²) in [5.74, 6) is 0.261. The molecule has 2 nitrogen and oxygen atoms in total. The number of ketones is 1. The van der Waals surface area contributed by atoms with E-state index in [9.17, 15) is 4.79 Å². The summed E-state index contributed by atoms with van der Waals surface area (Å²) in [5, 5.41) is 0.933. The van der Waals surface area contributed by atoms with Crippen LogP contribution < -0.4 is 0 Å². The summed E-state index contributed by atoms with van der Waals surface area (Å²) in [6.45, 7) is 4.31. The molecule has 0 unspecified atom stereocenters. The monoisotopic (exact) mass is 430 g/mol. The van der Waals surface area contributed by atoms with E-state index in [1.165, 1.54) is 11.1 Å². The highest BCUT2D eigenvalue weighted by molar-refractivity contribution is 6.09. The van der Waals surface area contributed by atoms with Gasteiger partial charge in [0.15, 0.2) is 5.76 Å². The molecule has 1 aromatic heterocycles. The van der Waals surface area contributed by atoms with E-state index in [1.807, 2.05) is 42.5 Å². The Morgan fingerprint density at radius 1 is 0.606 bits per heavy atom. The maximum atomic E-state index is 13.1. The van der Waals surface area contributed by atoms with Crippen molar-refractivity contribution >= 4 is 16.8 Å². The highest BCUT2D eigenvalue weighted by atomic mass is 16.3. The molecule has 0 aliphatic carbocycles. The van der Waals surface area contributed by atoms with E-state index < -0.39 is 0 Å². The smallest absolute Gasteiger partial charge is 0.228 e. The molecule has 162 valence electrons. The molecule has 0 amide bonds. The summed E-state index contributed by atoms with van der Waals surface area (Å²) in [5.41, 5.74) is 8.50. The summed E-state index contributed by atoms with van der Waals surface area (Å²) < 4.78 is 5.90. The maximum Gasteiger partial charge on any atom is 0.228 e. The van der Waals surface area contributed by atoms with E-state index >= 15 is 0 Å². The van der Waals surface area contributed by atoms with Crippen molar-refractivity contribution in [1.82, 2.24) is 0 Å². The van der Waals surface area contributed by atoms with Gasteiger partial charge in [-0.1, -0.05) is 92.7 Å². The first-order chi connectivity index (χ1) is 16.1. The van der Waals surface area contributed by atoms with Crippen LogP contribution in [-0.4, -0.2) is 5.78 Å². The molecular formula is C31H26O2. The Bertz CT molecular complexity index is 1400. The molecule has 5 aromatic rings. The lowest BCUT2D eigenvalue weighted by Gasteiger charge is -2.04. The van der Waals surface area contributed by atoms with Crippen molar-refractivity contribution in [2.75, 3.05) is 0 Å². The van der Waals surface area contributed by atoms with E-state index in [0.717, 1.165) is 46.1 Å². The first-order valence-corrected chi connectivity index (χ1v) is 11.5. The summed E-state index contributed by atoms with van der Waals surface area (Å²) in [7, 11) is 0. The third-order valence-electron chi connectivity index (χ3n) is 6.28. The predicted octanol–water partition coefficient (Wildman–Crippen LogP) is 8.12. The maximum absolute atomic E-state index is 13.1. The highest BCUT2D eigenvalue weighted by Crippen LogP contribution is 2.28. The summed E-state index contributed by atoms with van der Waals surface area (Å²) in [6.07, 6.45) is 2.05. The quantitative estimate of drug-likeness (QED) is 0.255. The van der Waals surface area contributed by atoms with Gasteiger partial charge < -0.3 is 4.42 Å². The van der Waals surface area contributed by atoms with Crippen LogP contribution in [0, 0.1) is 0 Å². The van der Waals surface area contributed by atoms with Crippen molar-refractivity contribution in [3.63, 3.8) is 0 Å². The second-order valence-corrected chi connectivity index (χ2v) is 8.37. The molecule has 0 N–H and O–H groups in total. The number of furan rings is 1. The van der Waals surface area contributed by atoms with Crippen molar-refractivity contribution in [1.29, 1.82) is 0 Å². The van der Waals surface area contributed by atoms with Crippen LogP contribution in [0.3, 0.4) is 0 Å². The molecular weight excluding hydrogens is 404 g/mol. The largest absolute Gasteiger partial charge is 0.453 e. The summed E-state index contributed by atoms with van der Waals surface area (Å²) >= 11 is 0. The van der Waals surface area contributed by atoms with Crippen LogP contribution in [0.2, 0.25) is 0 Å². The average molecular weight is 431 g/mol. The molecule has 1 heterocycles. The van der Waals surface area contributed by atoms with E-state index in [-0.39, 0.29) is 5.78 Å². The number of benzene rings is 4. The Morgan fingerprint density at radius 2 is 1.09 bits per heavy atom. The van der Waals surface area contributed by atoms with Gasteiger partial charge >= 0.3 is 0 Å². The lowest BCUT2D eigenvalue weighted by atomic mass is 10.00. The van der Waals surface area contributed by atoms with Gasteiger partial charge in [-0.15, -0.1) is 0 Å². The number of aryl methyl sites for hydroxylation is 2. The third-order valence-corrected chi connectivity index (χ3v) is 6.28. The zero-order valence-electron chi connectivity index (χ0n) is 19.0. The van der Waals surface area contributed by atoms with Gasteiger partial charge in [-0.05, 0) is 64.4 Å². The SMILES string of the molecule is CCc1ccc(-c2ccc(C(=O)c3cc4cc(-c5ccc(CC)cc5)ccc4o3)cc2)cc1. The highest BCUT2D eigenvalue weighted by Gasteiger charge is 2.15. The zero-order chi connectivity index (χ0) is 22.8. The molecule has 5 rings (SSSR count). The minimum atomic E-state index is -0.104. The molecule has 0 fully saturated rings. The second kappa shape index (κ2) is 8.91. The summed E-state index contributed by atoms with van der Waals surface area (Å²) in [4.78, 5) is 13.1. The number of carbonyl (C=O) groups excluding carboxylic acids is 1. The fourth-order valence-electron chi connectivity index (χ4n) is 4.16. The van der Waals surface area contributed by atoms with Crippen molar-refractivity contribution < 1.29 is 9.21 Å². The number of hydrogen-bond donors (Lipinski definition) is 0. The second-order valence-electron chi connectivity index (χ2n) is 8.37. The van der Waals surface area contributed by atoms with E-state index in [0.29, 0.717) is 11.3 Å². The molecule has 0 spiro atoms. The standard InChI is InChI=1S/C31H26O2/c1-3-21-5-9-23(10-6-21)24-13-15-26(16-14-24)31(32)30-20-28-19-27(17-18-29(28)33-30)25-11-7-22(4-2)8-12-25/h5-20H,3-4H2,1-2H3. The number of carbonyl (C=O) groups is 1. The van der Waals surface area contributed by atoms with Gasteiger partial charge in [0.2, 0.25) is 5.78 Å². The summed E-state index contributed by atoms with van der Waals surface area (Å²) in [6, 6.07) is 32.8. The Labute approximate surface area is 194 Å². The molecule has 0 saturated carbocycles. The van der Waals surface area contributed by atoms with Crippen LogP contribution in [-0.2, 0) is 12.8 Å². The molecule has 33 heavy (non-hydrogen) atoms. The van der Waals surface area contributed by atoms with Gasteiger partial charge in [0.1, 0.15) is 5.58 Å². The fourth-order valence-corrected chi connectivity index (χ4v) is 4.16. The van der Waals surface area contributed by atoms with E-state index in [4.69, 9.17) is 4.42 Å². The molecule has 0 aliphatic heterocycles. The predicted molar refractivity (Wildman–Crippen MR) is 136 cm³/mol. The molecule has 0 radical (unpaired) electrons. The first-order valence-electron chi connectivity index (χ1n) is 11.5. The fraction of sp³-hybridized carbons (Fsp3) is 0.129. The Kier molecular flexibility index (Phi) is 5.66. The van der Waals surface area contributed by atoms with Gasteiger partial charge in [0.05, 0.1) is 0 Å². The zero-order valence-corrected chi connectivity index (χ0v) is 19.0. The molecule has 0 aliphatic rings. The van der Waals surface area contributed by atoms with Gasteiger partial charge in [0.25, 0.3) is 0 Å². The number of fused-ring (bicyclic) bond motifs is 1. The van der Waals surface area contributed by atoms with E-state index in [2.05, 4.69) is 68.4 Å². The van der Waals surface area contributed by atoms with Crippen molar-refractivity contribution in [3.05, 3.63) is 120 Å². The van der Waals surface area contributed by atoms with Crippen LogP contribution in [0.4, 0.5) is 0 Å². The topological polar surface area (TPSA) is 30.2 Å². The number of hydrogen-bond acceptors (Lipinski definition) is 2. The minimum absolute atomic E-state index is 0.104. The average Bonchev–Trinajstić information content (AvgIpc) is 3.32. The Hall–Kier alpha value is -3.91.